The van der Waals surface area contributed by atoms with Crippen molar-refractivity contribution in [2.75, 3.05) is 12.8 Å². The van der Waals surface area contributed by atoms with Crippen molar-refractivity contribution in [1.82, 2.24) is 5.32 Å². The Morgan fingerprint density at radius 2 is 1.89 bits per heavy atom. The van der Waals surface area contributed by atoms with Gasteiger partial charge in [0, 0.05) is 12.3 Å². The summed E-state index contributed by atoms with van der Waals surface area (Å²) >= 11 is 0. The van der Waals surface area contributed by atoms with E-state index in [9.17, 15) is 8.42 Å². The number of benzene rings is 1. The molecule has 1 atom stereocenters. The maximum atomic E-state index is 11.3. The van der Waals surface area contributed by atoms with Crippen LogP contribution in [-0.2, 0) is 9.84 Å². The molecule has 0 aliphatic heterocycles. The molecule has 1 aromatic rings. The number of allylic oxidation sites excluding steroid dienone is 1. The zero-order valence-corrected chi connectivity index (χ0v) is 12.0. The molecule has 1 rings (SSSR count). The molecule has 1 N–H and O–H groups in total. The van der Waals surface area contributed by atoms with Crippen LogP contribution in [0.5, 0.6) is 0 Å². The van der Waals surface area contributed by atoms with Gasteiger partial charge in [0.25, 0.3) is 0 Å². The second-order valence-corrected chi connectivity index (χ2v) is 6.39. The van der Waals surface area contributed by atoms with Crippen LogP contribution in [0.3, 0.4) is 0 Å². The third-order valence-electron chi connectivity index (χ3n) is 2.81. The van der Waals surface area contributed by atoms with Crippen LogP contribution in [0.2, 0.25) is 0 Å². The first kappa shape index (κ1) is 14.9. The summed E-state index contributed by atoms with van der Waals surface area (Å²) in [7, 11) is -3.10. The van der Waals surface area contributed by atoms with E-state index in [2.05, 4.69) is 18.3 Å². The molecule has 0 bridgehead atoms. The van der Waals surface area contributed by atoms with Crippen molar-refractivity contribution in [2.45, 2.75) is 31.2 Å². The topological polar surface area (TPSA) is 46.2 Å². The summed E-state index contributed by atoms with van der Waals surface area (Å²) in [5.74, 6) is 0. The molecular weight excluding hydrogens is 246 g/mol. The van der Waals surface area contributed by atoms with Crippen LogP contribution >= 0.6 is 0 Å². The quantitative estimate of drug-likeness (QED) is 0.637. The Kier molecular flexibility index (Phi) is 5.56. The van der Waals surface area contributed by atoms with E-state index in [4.69, 9.17) is 0 Å². The van der Waals surface area contributed by atoms with E-state index in [1.54, 1.807) is 12.1 Å². The maximum absolute atomic E-state index is 11.3. The van der Waals surface area contributed by atoms with E-state index in [0.29, 0.717) is 4.90 Å². The van der Waals surface area contributed by atoms with Gasteiger partial charge in [-0.3, -0.25) is 0 Å². The maximum Gasteiger partial charge on any atom is 0.175 e. The first-order chi connectivity index (χ1) is 8.45. The first-order valence-corrected chi connectivity index (χ1v) is 7.99. The lowest BCUT2D eigenvalue weighted by molar-refractivity contribution is 0.580. The average Bonchev–Trinajstić information content (AvgIpc) is 2.33. The van der Waals surface area contributed by atoms with Crippen LogP contribution in [0.25, 0.3) is 0 Å². The molecule has 0 aromatic heterocycles. The van der Waals surface area contributed by atoms with E-state index in [-0.39, 0.29) is 6.04 Å². The lowest BCUT2D eigenvalue weighted by Gasteiger charge is -2.13. The smallest absolute Gasteiger partial charge is 0.175 e. The Balaban J connectivity index is 2.62. The van der Waals surface area contributed by atoms with Crippen molar-refractivity contribution in [3.8, 4) is 0 Å². The van der Waals surface area contributed by atoms with Gasteiger partial charge in [-0.1, -0.05) is 24.3 Å². The van der Waals surface area contributed by atoms with Gasteiger partial charge in [0.15, 0.2) is 9.84 Å². The lowest BCUT2D eigenvalue weighted by atomic mass is 10.1. The fourth-order valence-electron chi connectivity index (χ4n) is 1.67. The zero-order chi connectivity index (χ0) is 13.6. The van der Waals surface area contributed by atoms with Crippen molar-refractivity contribution in [3.05, 3.63) is 42.0 Å². The molecule has 0 aliphatic carbocycles. The van der Waals surface area contributed by atoms with Crippen LogP contribution in [0.1, 0.15) is 31.9 Å². The number of rotatable bonds is 6. The Morgan fingerprint density at radius 3 is 2.39 bits per heavy atom. The van der Waals surface area contributed by atoms with Gasteiger partial charge in [-0.05, 0) is 44.5 Å². The van der Waals surface area contributed by atoms with Crippen LogP contribution in [0.4, 0.5) is 0 Å². The Morgan fingerprint density at radius 1 is 1.28 bits per heavy atom. The monoisotopic (exact) mass is 267 g/mol. The van der Waals surface area contributed by atoms with Gasteiger partial charge in [0.2, 0.25) is 0 Å². The summed E-state index contributed by atoms with van der Waals surface area (Å²) in [5.41, 5.74) is 1.10. The van der Waals surface area contributed by atoms with Crippen molar-refractivity contribution in [3.63, 3.8) is 0 Å². The number of sulfone groups is 1. The minimum Gasteiger partial charge on any atom is -0.310 e. The van der Waals surface area contributed by atoms with Gasteiger partial charge in [0.05, 0.1) is 4.90 Å². The zero-order valence-electron chi connectivity index (χ0n) is 11.2. The predicted molar refractivity (Wildman–Crippen MR) is 75.4 cm³/mol. The van der Waals surface area contributed by atoms with Gasteiger partial charge in [0.1, 0.15) is 0 Å². The molecule has 0 amide bonds. The minimum atomic E-state index is -3.10. The highest BCUT2D eigenvalue weighted by atomic mass is 32.2. The first-order valence-electron chi connectivity index (χ1n) is 6.09. The van der Waals surface area contributed by atoms with E-state index < -0.39 is 9.84 Å². The average molecular weight is 267 g/mol. The summed E-state index contributed by atoms with van der Waals surface area (Å²) in [4.78, 5) is 0.368. The standard InChI is InChI=1S/C14H21NO2S/c1-4-5-6-11-15-12(2)13-7-9-14(10-8-13)18(3,16)17/h4-5,7-10,12,15H,6,11H2,1-3H3/b5-4+. The van der Waals surface area contributed by atoms with Crippen LogP contribution in [-0.4, -0.2) is 21.2 Å². The normalized spacial score (nSPS) is 13.9. The van der Waals surface area contributed by atoms with Crippen LogP contribution in [0.15, 0.2) is 41.3 Å². The number of nitrogens with one attached hydrogen (secondary N) is 1. The number of hydrogen-bond acceptors (Lipinski definition) is 3. The molecule has 0 heterocycles. The molecule has 1 aromatic carbocycles. The molecule has 1 unspecified atom stereocenters. The van der Waals surface area contributed by atoms with Crippen LogP contribution in [0, 0.1) is 0 Å². The highest BCUT2D eigenvalue weighted by Gasteiger charge is 2.08. The summed E-state index contributed by atoms with van der Waals surface area (Å²) in [5, 5.41) is 3.39. The summed E-state index contributed by atoms with van der Waals surface area (Å²) in [6, 6.07) is 7.28. The number of hydrogen-bond donors (Lipinski definition) is 1. The third-order valence-corrected chi connectivity index (χ3v) is 3.93. The van der Waals surface area contributed by atoms with E-state index in [1.807, 2.05) is 25.1 Å². The van der Waals surface area contributed by atoms with E-state index in [0.717, 1.165) is 18.5 Å². The van der Waals surface area contributed by atoms with Crippen molar-refractivity contribution in [2.24, 2.45) is 0 Å². The summed E-state index contributed by atoms with van der Waals surface area (Å²) in [6.07, 6.45) is 6.38. The molecule has 0 spiro atoms. The molecule has 3 nitrogen and oxygen atoms in total. The Labute approximate surface area is 110 Å². The summed E-state index contributed by atoms with van der Waals surface area (Å²) in [6.45, 7) is 5.00. The Bertz CT molecular complexity index is 489. The van der Waals surface area contributed by atoms with E-state index in [1.165, 1.54) is 6.26 Å². The minimum absolute atomic E-state index is 0.226. The summed E-state index contributed by atoms with van der Waals surface area (Å²) < 4.78 is 22.7. The van der Waals surface area contributed by atoms with Gasteiger partial charge in [-0.15, -0.1) is 0 Å². The van der Waals surface area contributed by atoms with Crippen molar-refractivity contribution >= 4 is 9.84 Å². The molecule has 0 saturated carbocycles. The predicted octanol–water partition coefficient (Wildman–Crippen LogP) is 2.71. The largest absolute Gasteiger partial charge is 0.310 e. The second kappa shape index (κ2) is 6.71. The third kappa shape index (κ3) is 4.63. The molecule has 18 heavy (non-hydrogen) atoms. The van der Waals surface area contributed by atoms with Gasteiger partial charge in [-0.2, -0.15) is 0 Å². The highest BCUT2D eigenvalue weighted by molar-refractivity contribution is 7.90. The lowest BCUT2D eigenvalue weighted by Crippen LogP contribution is -2.19. The molecule has 0 fully saturated rings. The Hall–Kier alpha value is -1.13. The van der Waals surface area contributed by atoms with Crippen molar-refractivity contribution < 1.29 is 8.42 Å². The van der Waals surface area contributed by atoms with Crippen LogP contribution < -0.4 is 5.32 Å². The van der Waals surface area contributed by atoms with Crippen molar-refractivity contribution in [1.29, 1.82) is 0 Å². The fourth-order valence-corrected chi connectivity index (χ4v) is 2.30. The SMILES string of the molecule is C/C=C/CCNC(C)c1ccc(S(C)(=O)=O)cc1. The molecular formula is C14H21NO2S. The molecule has 0 radical (unpaired) electrons. The van der Waals surface area contributed by atoms with E-state index >= 15 is 0 Å². The molecule has 4 heteroatoms. The van der Waals surface area contributed by atoms with Gasteiger partial charge < -0.3 is 5.32 Å². The second-order valence-electron chi connectivity index (χ2n) is 4.37. The molecule has 0 aliphatic rings. The van der Waals surface area contributed by atoms with Gasteiger partial charge >= 0.3 is 0 Å². The fraction of sp³-hybridized carbons (Fsp3) is 0.429. The molecule has 0 saturated heterocycles. The molecule has 100 valence electrons. The highest BCUT2D eigenvalue weighted by Crippen LogP contribution is 2.16. The van der Waals surface area contributed by atoms with Gasteiger partial charge in [-0.25, -0.2) is 8.42 Å².